The first kappa shape index (κ1) is 25.9. The number of benzene rings is 2. The zero-order valence-electron chi connectivity index (χ0n) is 20.9. The van der Waals surface area contributed by atoms with E-state index in [-0.39, 0.29) is 23.3 Å². The Balaban J connectivity index is 1.66. The molecule has 1 aliphatic heterocycles. The lowest BCUT2D eigenvalue weighted by atomic mass is 9.94. The van der Waals surface area contributed by atoms with Gasteiger partial charge in [0.15, 0.2) is 0 Å². The minimum atomic E-state index is -3.61. The monoisotopic (exact) mass is 485 g/mol. The van der Waals surface area contributed by atoms with Crippen molar-refractivity contribution in [2.24, 2.45) is 11.8 Å². The van der Waals surface area contributed by atoms with Crippen molar-refractivity contribution in [1.82, 2.24) is 9.21 Å². The van der Waals surface area contributed by atoms with Gasteiger partial charge in [-0.05, 0) is 74.4 Å². The Morgan fingerprint density at radius 2 is 1.53 bits per heavy atom. The second kappa shape index (κ2) is 10.3. The number of likely N-dealkylation sites (N-methyl/N-ethyl adjacent to an activating group) is 1. The van der Waals surface area contributed by atoms with Gasteiger partial charge in [0.25, 0.3) is 5.91 Å². The summed E-state index contributed by atoms with van der Waals surface area (Å²) < 4.78 is 27.7. The number of nitrogens with zero attached hydrogens (tertiary/aromatic N) is 2. The molecule has 34 heavy (non-hydrogen) atoms. The molecule has 2 amide bonds. The van der Waals surface area contributed by atoms with Crippen molar-refractivity contribution in [3.8, 4) is 0 Å². The third kappa shape index (κ3) is 5.85. The van der Waals surface area contributed by atoms with Crippen LogP contribution in [0.25, 0.3) is 0 Å². The molecule has 2 aromatic rings. The summed E-state index contributed by atoms with van der Waals surface area (Å²) in [6.45, 7) is 10.9. The molecule has 1 saturated heterocycles. The molecule has 2 aromatic carbocycles. The molecule has 3 rings (SSSR count). The minimum absolute atomic E-state index is 0.116. The molecule has 0 bridgehead atoms. The highest BCUT2D eigenvalue weighted by Crippen LogP contribution is 2.27. The normalized spacial score (nSPS) is 19.0. The zero-order valence-corrected chi connectivity index (χ0v) is 21.7. The van der Waals surface area contributed by atoms with Crippen molar-refractivity contribution in [2.45, 2.75) is 45.9 Å². The number of nitrogens with one attached hydrogen (secondary N) is 1. The van der Waals surface area contributed by atoms with E-state index in [0.717, 1.165) is 28.8 Å². The molecule has 7 nitrogen and oxygen atoms in total. The highest BCUT2D eigenvalue weighted by atomic mass is 32.2. The van der Waals surface area contributed by atoms with E-state index < -0.39 is 10.0 Å². The quantitative estimate of drug-likeness (QED) is 0.670. The number of aryl methyl sites for hydroxylation is 3. The molecule has 2 unspecified atom stereocenters. The lowest BCUT2D eigenvalue weighted by Gasteiger charge is -2.34. The molecule has 1 aliphatic rings. The Morgan fingerprint density at radius 1 is 1.00 bits per heavy atom. The molecule has 2 atom stereocenters. The third-order valence-electron chi connectivity index (χ3n) is 6.24. The predicted octanol–water partition coefficient (Wildman–Crippen LogP) is 3.99. The summed E-state index contributed by atoms with van der Waals surface area (Å²) in [4.78, 5) is 26.9. The SMILES string of the molecule is Cc1cc(C)c(NC(=O)CN(C)C(=O)c2ccc(S(=O)(=O)N3CC(C)CC(C)C3)cc2)c(C)c1. The number of amides is 2. The van der Waals surface area contributed by atoms with E-state index in [9.17, 15) is 18.0 Å². The first-order valence-corrected chi connectivity index (χ1v) is 13.1. The van der Waals surface area contributed by atoms with Gasteiger partial charge in [0.1, 0.15) is 0 Å². The molecule has 0 spiro atoms. The van der Waals surface area contributed by atoms with Crippen molar-refractivity contribution < 1.29 is 18.0 Å². The smallest absolute Gasteiger partial charge is 0.254 e. The Hall–Kier alpha value is -2.71. The van der Waals surface area contributed by atoms with Crippen molar-refractivity contribution >= 4 is 27.5 Å². The highest BCUT2D eigenvalue weighted by Gasteiger charge is 2.31. The second-order valence-corrected chi connectivity index (χ2v) is 11.7. The van der Waals surface area contributed by atoms with E-state index in [1.807, 2.05) is 32.9 Å². The van der Waals surface area contributed by atoms with Crippen LogP contribution in [0, 0.1) is 32.6 Å². The summed E-state index contributed by atoms with van der Waals surface area (Å²) in [6.07, 6.45) is 1.02. The average Bonchev–Trinajstić information content (AvgIpc) is 2.75. The number of hydrogen-bond acceptors (Lipinski definition) is 4. The summed E-state index contributed by atoms with van der Waals surface area (Å²) >= 11 is 0. The maximum Gasteiger partial charge on any atom is 0.254 e. The largest absolute Gasteiger partial charge is 0.332 e. The molecule has 0 saturated carbocycles. The molecule has 184 valence electrons. The van der Waals surface area contributed by atoms with Crippen LogP contribution in [0.2, 0.25) is 0 Å². The Labute approximate surface area is 203 Å². The number of hydrogen-bond donors (Lipinski definition) is 1. The molecule has 0 aromatic heterocycles. The molecule has 1 fully saturated rings. The van der Waals surface area contributed by atoms with Gasteiger partial charge in [-0.25, -0.2) is 8.42 Å². The van der Waals surface area contributed by atoms with Gasteiger partial charge in [-0.1, -0.05) is 31.5 Å². The standard InChI is InChI=1S/C26H35N3O4S/c1-17-12-20(4)25(21(5)13-17)27-24(30)16-28(6)26(31)22-7-9-23(10-8-22)34(32,33)29-14-18(2)11-19(3)15-29/h7-10,12-13,18-19H,11,14-16H2,1-6H3,(H,27,30). The zero-order chi connectivity index (χ0) is 25.2. The van der Waals surface area contributed by atoms with Gasteiger partial charge in [0.2, 0.25) is 15.9 Å². The van der Waals surface area contributed by atoms with E-state index >= 15 is 0 Å². The summed E-state index contributed by atoms with van der Waals surface area (Å²) in [5.41, 5.74) is 4.14. The van der Waals surface area contributed by atoms with Crippen LogP contribution in [0.1, 0.15) is 47.3 Å². The summed E-state index contributed by atoms with van der Waals surface area (Å²) in [6, 6.07) is 9.96. The van der Waals surface area contributed by atoms with Crippen LogP contribution in [-0.4, -0.2) is 56.1 Å². The maximum absolute atomic E-state index is 13.1. The number of carbonyl (C=O) groups excluding carboxylic acids is 2. The van der Waals surface area contributed by atoms with Gasteiger partial charge < -0.3 is 10.2 Å². The molecule has 1 heterocycles. The van der Waals surface area contributed by atoms with Crippen molar-refractivity contribution in [1.29, 1.82) is 0 Å². The van der Waals surface area contributed by atoms with Crippen LogP contribution < -0.4 is 5.32 Å². The van der Waals surface area contributed by atoms with Crippen LogP contribution in [0.4, 0.5) is 5.69 Å². The van der Waals surface area contributed by atoms with Crippen LogP contribution in [-0.2, 0) is 14.8 Å². The minimum Gasteiger partial charge on any atom is -0.332 e. The maximum atomic E-state index is 13.1. The fraction of sp³-hybridized carbons (Fsp3) is 0.462. The van der Waals surface area contributed by atoms with Gasteiger partial charge in [0, 0.05) is 31.4 Å². The molecule has 8 heteroatoms. The average molecular weight is 486 g/mol. The van der Waals surface area contributed by atoms with E-state index in [1.165, 1.54) is 33.5 Å². The van der Waals surface area contributed by atoms with Crippen molar-refractivity contribution in [3.63, 3.8) is 0 Å². The lowest BCUT2D eigenvalue weighted by molar-refractivity contribution is -0.116. The summed E-state index contributed by atoms with van der Waals surface area (Å²) in [5.74, 6) is -0.0200. The molecule has 0 aliphatic carbocycles. The van der Waals surface area contributed by atoms with E-state index in [2.05, 4.69) is 19.2 Å². The molecular formula is C26H35N3O4S. The number of sulfonamides is 1. The van der Waals surface area contributed by atoms with Crippen molar-refractivity contribution in [2.75, 3.05) is 32.0 Å². The fourth-order valence-corrected chi connectivity index (χ4v) is 6.46. The second-order valence-electron chi connectivity index (χ2n) is 9.78. The molecule has 0 radical (unpaired) electrons. The van der Waals surface area contributed by atoms with Gasteiger partial charge >= 0.3 is 0 Å². The van der Waals surface area contributed by atoms with Crippen LogP contribution >= 0.6 is 0 Å². The number of anilines is 1. The molecular weight excluding hydrogens is 450 g/mol. The first-order chi connectivity index (χ1) is 15.9. The van der Waals surface area contributed by atoms with E-state index in [0.29, 0.717) is 30.5 Å². The van der Waals surface area contributed by atoms with Crippen LogP contribution in [0.3, 0.4) is 0 Å². The Morgan fingerprint density at radius 3 is 2.06 bits per heavy atom. The van der Waals surface area contributed by atoms with Gasteiger partial charge in [-0.3, -0.25) is 9.59 Å². The topological polar surface area (TPSA) is 86.8 Å². The summed E-state index contributed by atoms with van der Waals surface area (Å²) in [7, 11) is -2.06. The lowest BCUT2D eigenvalue weighted by Crippen LogP contribution is -2.42. The number of carbonyl (C=O) groups is 2. The Bertz CT molecular complexity index is 1140. The van der Waals surface area contributed by atoms with E-state index in [4.69, 9.17) is 0 Å². The molecule has 1 N–H and O–H groups in total. The van der Waals surface area contributed by atoms with Crippen molar-refractivity contribution in [3.05, 3.63) is 58.7 Å². The summed E-state index contributed by atoms with van der Waals surface area (Å²) in [5, 5.41) is 2.90. The highest BCUT2D eigenvalue weighted by molar-refractivity contribution is 7.89. The van der Waals surface area contributed by atoms with Gasteiger partial charge in [0.05, 0.1) is 11.4 Å². The Kier molecular flexibility index (Phi) is 7.83. The first-order valence-electron chi connectivity index (χ1n) is 11.6. The van der Waals surface area contributed by atoms with Gasteiger partial charge in [-0.15, -0.1) is 0 Å². The fourth-order valence-electron chi connectivity index (χ4n) is 4.78. The number of rotatable bonds is 6. The van der Waals surface area contributed by atoms with Gasteiger partial charge in [-0.2, -0.15) is 4.31 Å². The van der Waals surface area contributed by atoms with E-state index in [1.54, 1.807) is 7.05 Å². The van der Waals surface area contributed by atoms with Crippen LogP contribution in [0.5, 0.6) is 0 Å². The number of piperidine rings is 1. The third-order valence-corrected chi connectivity index (χ3v) is 8.09. The predicted molar refractivity (Wildman–Crippen MR) is 134 cm³/mol. The van der Waals surface area contributed by atoms with Crippen LogP contribution in [0.15, 0.2) is 41.3 Å².